The molecule has 0 aliphatic rings. The number of methoxy groups -OCH3 is 1. The second kappa shape index (κ2) is 6.82. The van der Waals surface area contributed by atoms with E-state index in [0.717, 1.165) is 11.0 Å². The quantitative estimate of drug-likeness (QED) is 0.677. The number of nitrogens with one attached hydrogen (secondary N) is 2. The van der Waals surface area contributed by atoms with Crippen molar-refractivity contribution in [1.29, 1.82) is 0 Å². The average Bonchev–Trinajstić information content (AvgIpc) is 3.03. The summed E-state index contributed by atoms with van der Waals surface area (Å²) in [6.45, 7) is 4.29. The maximum Gasteiger partial charge on any atom is 0.269 e. The van der Waals surface area contributed by atoms with Crippen LogP contribution in [0.1, 0.15) is 10.4 Å². The van der Waals surface area contributed by atoms with Crippen molar-refractivity contribution < 1.29 is 9.53 Å². The Hall–Kier alpha value is -3.35. The van der Waals surface area contributed by atoms with E-state index in [9.17, 15) is 4.79 Å². The summed E-state index contributed by atoms with van der Waals surface area (Å²) >= 11 is 0. The van der Waals surface area contributed by atoms with Gasteiger partial charge in [0.15, 0.2) is 0 Å². The fourth-order valence-electron chi connectivity index (χ4n) is 2.21. The lowest BCUT2D eigenvalue weighted by Gasteiger charge is -2.11. The molecular weight excluding hydrogens is 306 g/mol. The first kappa shape index (κ1) is 15.5. The van der Waals surface area contributed by atoms with Gasteiger partial charge in [-0.3, -0.25) is 10.2 Å². The van der Waals surface area contributed by atoms with Crippen molar-refractivity contribution in [2.45, 2.75) is 6.54 Å². The number of aromatic nitrogens is 3. The van der Waals surface area contributed by atoms with Crippen molar-refractivity contribution in [1.82, 2.24) is 25.8 Å². The molecule has 0 fully saturated rings. The van der Waals surface area contributed by atoms with Crippen LogP contribution >= 0.6 is 0 Å². The topological polar surface area (TPSA) is 81.1 Å². The van der Waals surface area contributed by atoms with E-state index in [1.54, 1.807) is 36.1 Å². The van der Waals surface area contributed by atoms with E-state index in [4.69, 9.17) is 4.74 Å². The molecule has 7 heteroatoms. The Morgan fingerprint density at radius 3 is 2.67 bits per heavy atom. The highest BCUT2D eigenvalue weighted by Gasteiger charge is 2.07. The Morgan fingerprint density at radius 2 is 1.92 bits per heavy atom. The van der Waals surface area contributed by atoms with Gasteiger partial charge in [0, 0.05) is 11.3 Å². The summed E-state index contributed by atoms with van der Waals surface area (Å²) in [6, 6.07) is 14.5. The van der Waals surface area contributed by atoms with Crippen LogP contribution in [0.25, 0.3) is 11.0 Å². The summed E-state index contributed by atoms with van der Waals surface area (Å²) in [6.07, 6.45) is 0. The number of ether oxygens (including phenoxy) is 1. The number of para-hydroxylation sites is 1. The van der Waals surface area contributed by atoms with Crippen molar-refractivity contribution >= 4 is 16.9 Å². The smallest absolute Gasteiger partial charge is 0.269 e. The summed E-state index contributed by atoms with van der Waals surface area (Å²) < 4.78 is 6.78. The number of hydrogen-bond acceptors (Lipinski definition) is 5. The number of allylic oxidation sites excluding steroid dienone is 1. The Balaban J connectivity index is 1.57. The maximum atomic E-state index is 12.1. The molecule has 1 aromatic heterocycles. The van der Waals surface area contributed by atoms with E-state index in [-0.39, 0.29) is 5.91 Å². The second-order valence-electron chi connectivity index (χ2n) is 5.15. The van der Waals surface area contributed by atoms with Crippen molar-refractivity contribution in [3.05, 3.63) is 66.4 Å². The number of hydrogen-bond donors (Lipinski definition) is 2. The first-order valence-electron chi connectivity index (χ1n) is 7.34. The molecule has 122 valence electrons. The maximum absolute atomic E-state index is 12.1. The molecule has 0 saturated carbocycles. The first-order valence-corrected chi connectivity index (χ1v) is 7.34. The number of carbonyl (C=O) groups is 1. The predicted molar refractivity (Wildman–Crippen MR) is 90.3 cm³/mol. The number of nitrogens with zero attached hydrogens (tertiary/aromatic N) is 3. The highest BCUT2D eigenvalue weighted by atomic mass is 16.5. The first-order chi connectivity index (χ1) is 11.7. The summed E-state index contributed by atoms with van der Waals surface area (Å²) in [7, 11) is 1.58. The Kier molecular flexibility index (Phi) is 4.42. The van der Waals surface area contributed by atoms with Gasteiger partial charge >= 0.3 is 0 Å². The van der Waals surface area contributed by atoms with Gasteiger partial charge in [-0.15, -0.1) is 5.10 Å². The lowest BCUT2D eigenvalue weighted by atomic mass is 10.2. The molecule has 3 aromatic rings. The van der Waals surface area contributed by atoms with Crippen LogP contribution in [-0.4, -0.2) is 28.0 Å². The third kappa shape index (κ3) is 3.35. The zero-order valence-corrected chi connectivity index (χ0v) is 13.2. The van der Waals surface area contributed by atoms with Crippen LogP contribution in [0.5, 0.6) is 5.75 Å². The highest BCUT2D eigenvalue weighted by Crippen LogP contribution is 2.11. The van der Waals surface area contributed by atoms with Crippen LogP contribution in [0.4, 0.5) is 0 Å². The van der Waals surface area contributed by atoms with E-state index in [2.05, 4.69) is 27.7 Å². The number of carbonyl (C=O) groups excluding carboxylic acids is 1. The van der Waals surface area contributed by atoms with E-state index in [1.165, 1.54) is 0 Å². The largest absolute Gasteiger partial charge is 0.497 e. The minimum atomic E-state index is -0.262. The van der Waals surface area contributed by atoms with Crippen LogP contribution in [-0.2, 0) is 6.54 Å². The Bertz CT molecular complexity index is 870. The molecule has 1 amide bonds. The predicted octanol–water partition coefficient (Wildman–Crippen LogP) is 1.89. The standard InChI is InChI=1S/C17H17N5O2/c1-12(11-22-16-6-4-3-5-15(16)19-21-22)18-20-17(23)13-7-9-14(24-2)10-8-13/h3-10,18H,1,11H2,2H3,(H,20,23). The zero-order chi connectivity index (χ0) is 16.9. The molecule has 7 nitrogen and oxygen atoms in total. The molecule has 24 heavy (non-hydrogen) atoms. The molecule has 0 saturated heterocycles. The fourth-order valence-corrected chi connectivity index (χ4v) is 2.21. The third-order valence-corrected chi connectivity index (χ3v) is 3.47. The van der Waals surface area contributed by atoms with Crippen LogP contribution in [0.3, 0.4) is 0 Å². The molecule has 0 atom stereocenters. The lowest BCUT2D eigenvalue weighted by molar-refractivity contribution is 0.0938. The van der Waals surface area contributed by atoms with Gasteiger partial charge in [0.25, 0.3) is 5.91 Å². The Labute approximate surface area is 138 Å². The van der Waals surface area contributed by atoms with Gasteiger partial charge in [0.05, 0.1) is 19.2 Å². The number of benzene rings is 2. The normalized spacial score (nSPS) is 10.4. The van der Waals surface area contributed by atoms with Crippen molar-refractivity contribution in [2.24, 2.45) is 0 Å². The summed E-state index contributed by atoms with van der Waals surface area (Å²) in [4.78, 5) is 12.1. The number of fused-ring (bicyclic) bond motifs is 1. The SMILES string of the molecule is C=C(Cn1nnc2ccccc21)NNC(=O)c1ccc(OC)cc1. The molecule has 0 bridgehead atoms. The van der Waals surface area contributed by atoms with Gasteiger partial charge in [-0.1, -0.05) is 23.9 Å². The van der Waals surface area contributed by atoms with Crippen molar-refractivity contribution in [2.75, 3.05) is 7.11 Å². The van der Waals surface area contributed by atoms with Crippen LogP contribution in [0, 0.1) is 0 Å². The summed E-state index contributed by atoms with van der Waals surface area (Å²) in [5, 5.41) is 8.15. The molecule has 0 spiro atoms. The van der Waals surface area contributed by atoms with E-state index < -0.39 is 0 Å². The lowest BCUT2D eigenvalue weighted by Crippen LogP contribution is -2.37. The summed E-state index contributed by atoms with van der Waals surface area (Å²) in [5.41, 5.74) is 8.23. The van der Waals surface area contributed by atoms with Gasteiger partial charge < -0.3 is 10.2 Å². The molecule has 2 aromatic carbocycles. The van der Waals surface area contributed by atoms with Gasteiger partial charge in [-0.05, 0) is 36.4 Å². The van der Waals surface area contributed by atoms with Crippen LogP contribution in [0.15, 0.2) is 60.8 Å². The molecule has 0 aliphatic heterocycles. The van der Waals surface area contributed by atoms with Crippen molar-refractivity contribution in [3.8, 4) is 5.75 Å². The van der Waals surface area contributed by atoms with E-state index >= 15 is 0 Å². The van der Waals surface area contributed by atoms with Gasteiger partial charge in [0.1, 0.15) is 11.3 Å². The van der Waals surface area contributed by atoms with Crippen molar-refractivity contribution in [3.63, 3.8) is 0 Å². The third-order valence-electron chi connectivity index (χ3n) is 3.47. The number of rotatable bonds is 6. The minimum Gasteiger partial charge on any atom is -0.497 e. The molecule has 1 heterocycles. The molecule has 0 unspecified atom stereocenters. The number of hydrazine groups is 1. The zero-order valence-electron chi connectivity index (χ0n) is 13.2. The minimum absolute atomic E-state index is 0.262. The fraction of sp³-hybridized carbons (Fsp3) is 0.118. The molecular formula is C17H17N5O2. The van der Waals surface area contributed by atoms with Gasteiger partial charge in [-0.2, -0.15) is 0 Å². The molecule has 0 radical (unpaired) electrons. The molecule has 2 N–H and O–H groups in total. The average molecular weight is 323 g/mol. The second-order valence-corrected chi connectivity index (χ2v) is 5.15. The highest BCUT2D eigenvalue weighted by molar-refractivity contribution is 5.94. The molecule has 0 aliphatic carbocycles. The van der Waals surface area contributed by atoms with Gasteiger partial charge in [-0.25, -0.2) is 4.68 Å². The van der Waals surface area contributed by atoms with Crippen LogP contribution < -0.4 is 15.6 Å². The Morgan fingerprint density at radius 1 is 1.17 bits per heavy atom. The van der Waals surface area contributed by atoms with Crippen LogP contribution in [0.2, 0.25) is 0 Å². The molecule has 3 rings (SSSR count). The number of amides is 1. The monoisotopic (exact) mass is 323 g/mol. The summed E-state index contributed by atoms with van der Waals surface area (Å²) in [5.74, 6) is 0.434. The van der Waals surface area contributed by atoms with Gasteiger partial charge in [0.2, 0.25) is 0 Å². The van der Waals surface area contributed by atoms with E-state index in [0.29, 0.717) is 23.6 Å². The van der Waals surface area contributed by atoms with E-state index in [1.807, 2.05) is 24.3 Å².